The molecule has 2 aromatic carbocycles. The Morgan fingerprint density at radius 2 is 1.87 bits per heavy atom. The molecular weight excluding hydrogens is 390 g/mol. The van der Waals surface area contributed by atoms with Gasteiger partial charge >= 0.3 is 0 Å². The highest BCUT2D eigenvalue weighted by Gasteiger charge is 2.31. The van der Waals surface area contributed by atoms with E-state index in [-0.39, 0.29) is 5.91 Å². The first-order valence-electron chi connectivity index (χ1n) is 10.4. The Hall–Kier alpha value is -2.76. The number of para-hydroxylation sites is 1. The topological polar surface area (TPSA) is 36.4 Å². The number of hydrogen-bond donors (Lipinski definition) is 0. The number of pyridine rings is 1. The van der Waals surface area contributed by atoms with Crippen LogP contribution in [0.1, 0.15) is 33.1 Å². The molecule has 1 amide bonds. The Morgan fingerprint density at radius 3 is 2.70 bits per heavy atom. The molecule has 1 unspecified atom stereocenters. The van der Waals surface area contributed by atoms with Gasteiger partial charge in [0.25, 0.3) is 5.91 Å². The Morgan fingerprint density at radius 1 is 1.10 bits per heavy atom. The second-order valence-corrected chi connectivity index (χ2v) is 9.30. The lowest BCUT2D eigenvalue weighted by Gasteiger charge is -2.18. The molecule has 5 rings (SSSR count). The van der Waals surface area contributed by atoms with E-state index in [4.69, 9.17) is 0 Å². The van der Waals surface area contributed by atoms with Crippen LogP contribution in [0.25, 0.3) is 21.0 Å². The van der Waals surface area contributed by atoms with Crippen molar-refractivity contribution in [1.82, 2.24) is 14.8 Å². The third kappa shape index (κ3) is 3.38. The maximum atomic E-state index is 12.9. The largest absolute Gasteiger partial charge is 0.344 e. The summed E-state index contributed by atoms with van der Waals surface area (Å²) in [6.45, 7) is 2.94. The van der Waals surface area contributed by atoms with E-state index in [0.717, 1.165) is 36.4 Å². The molecule has 30 heavy (non-hydrogen) atoms. The van der Waals surface area contributed by atoms with Crippen molar-refractivity contribution in [2.75, 3.05) is 27.2 Å². The average molecular weight is 416 g/mol. The molecule has 0 radical (unpaired) electrons. The molecule has 0 saturated carbocycles. The highest BCUT2D eigenvalue weighted by atomic mass is 32.1. The van der Waals surface area contributed by atoms with Gasteiger partial charge in [0.15, 0.2) is 0 Å². The van der Waals surface area contributed by atoms with Crippen LogP contribution in [0.3, 0.4) is 0 Å². The fourth-order valence-corrected chi connectivity index (χ4v) is 5.89. The summed E-state index contributed by atoms with van der Waals surface area (Å²) in [7, 11) is 3.68. The normalized spacial score (nSPS) is 17.1. The second-order valence-electron chi connectivity index (χ2n) is 8.25. The number of rotatable bonds is 4. The van der Waals surface area contributed by atoms with E-state index in [0.29, 0.717) is 5.92 Å². The number of nitrogens with zero attached hydrogens (tertiary/aromatic N) is 3. The van der Waals surface area contributed by atoms with Crippen LogP contribution in [-0.2, 0) is 6.54 Å². The lowest BCUT2D eigenvalue weighted by Crippen LogP contribution is -2.23. The third-order valence-electron chi connectivity index (χ3n) is 6.05. The van der Waals surface area contributed by atoms with E-state index >= 15 is 0 Å². The number of thiophene rings is 1. The average Bonchev–Trinajstić information content (AvgIpc) is 3.37. The van der Waals surface area contributed by atoms with Gasteiger partial charge in [0.05, 0.1) is 10.4 Å². The Balaban J connectivity index is 1.45. The maximum absolute atomic E-state index is 12.9. The van der Waals surface area contributed by atoms with Crippen LogP contribution in [0.2, 0.25) is 0 Å². The quantitative estimate of drug-likeness (QED) is 0.463. The molecule has 1 aliphatic heterocycles. The molecule has 0 bridgehead atoms. The molecule has 0 N–H and O–H groups in total. The first-order valence-corrected chi connectivity index (χ1v) is 11.2. The van der Waals surface area contributed by atoms with E-state index in [1.54, 1.807) is 16.2 Å². The maximum Gasteiger partial charge on any atom is 0.263 e. The van der Waals surface area contributed by atoms with E-state index in [9.17, 15) is 4.79 Å². The molecule has 1 aliphatic rings. The van der Waals surface area contributed by atoms with Crippen molar-refractivity contribution in [3.8, 4) is 0 Å². The summed E-state index contributed by atoms with van der Waals surface area (Å²) in [4.78, 5) is 22.5. The van der Waals surface area contributed by atoms with E-state index in [1.165, 1.54) is 26.6 Å². The molecule has 3 heterocycles. The summed E-state index contributed by atoms with van der Waals surface area (Å²) in [6, 6.07) is 18.9. The summed E-state index contributed by atoms with van der Waals surface area (Å²) in [5, 5.41) is 2.47. The molecule has 0 aliphatic carbocycles. The second kappa shape index (κ2) is 7.82. The van der Waals surface area contributed by atoms with Crippen LogP contribution in [-0.4, -0.2) is 47.9 Å². The highest BCUT2D eigenvalue weighted by molar-refractivity contribution is 7.21. The van der Waals surface area contributed by atoms with Gasteiger partial charge in [-0.15, -0.1) is 11.3 Å². The van der Waals surface area contributed by atoms with Gasteiger partial charge in [-0.25, -0.2) is 0 Å². The van der Waals surface area contributed by atoms with E-state index in [1.807, 2.05) is 26.4 Å². The summed E-state index contributed by atoms with van der Waals surface area (Å²) in [6.07, 6.45) is 2.99. The van der Waals surface area contributed by atoms with E-state index in [2.05, 4.69) is 58.4 Å². The van der Waals surface area contributed by atoms with Gasteiger partial charge in [-0.05, 0) is 47.7 Å². The SMILES string of the molecule is CN(C)C(=O)c1sc2ccccc2c1C1CCN(Cc2ccnc3ccccc23)C1. The summed E-state index contributed by atoms with van der Waals surface area (Å²) in [5.74, 6) is 0.498. The standard InChI is InChI=1S/C25H25N3OS/c1-27(2)25(29)24-23(20-8-4-6-10-22(20)30-24)18-12-14-28(16-18)15-17-11-13-26-21-9-5-3-7-19(17)21/h3-11,13,18H,12,14-16H2,1-2H3. The van der Waals surface area contributed by atoms with Crippen LogP contribution in [0.15, 0.2) is 60.8 Å². The number of aromatic nitrogens is 1. The summed E-state index contributed by atoms with van der Waals surface area (Å²) >= 11 is 1.64. The first kappa shape index (κ1) is 19.2. The van der Waals surface area contributed by atoms with Crippen molar-refractivity contribution in [1.29, 1.82) is 0 Å². The molecule has 1 saturated heterocycles. The van der Waals surface area contributed by atoms with Crippen molar-refractivity contribution in [2.24, 2.45) is 0 Å². The predicted molar refractivity (Wildman–Crippen MR) is 124 cm³/mol. The Kier molecular flexibility index (Phi) is 5.01. The first-order chi connectivity index (χ1) is 14.6. The lowest BCUT2D eigenvalue weighted by atomic mass is 9.95. The monoisotopic (exact) mass is 415 g/mol. The van der Waals surface area contributed by atoms with Crippen LogP contribution in [0.5, 0.6) is 0 Å². The van der Waals surface area contributed by atoms with Gasteiger partial charge in [-0.1, -0.05) is 36.4 Å². The number of benzene rings is 2. The molecule has 0 spiro atoms. The fourth-order valence-electron chi connectivity index (χ4n) is 4.58. The van der Waals surface area contributed by atoms with Crippen LogP contribution in [0, 0.1) is 0 Å². The minimum Gasteiger partial charge on any atom is -0.344 e. The minimum absolute atomic E-state index is 0.116. The van der Waals surface area contributed by atoms with Crippen molar-refractivity contribution in [3.05, 3.63) is 76.8 Å². The molecule has 4 nitrogen and oxygen atoms in total. The van der Waals surface area contributed by atoms with Gasteiger partial charge in [-0.3, -0.25) is 14.7 Å². The number of carbonyl (C=O) groups excluding carboxylic acids is 1. The zero-order chi connectivity index (χ0) is 20.7. The molecule has 2 aromatic heterocycles. The zero-order valence-electron chi connectivity index (χ0n) is 17.3. The predicted octanol–water partition coefficient (Wildman–Crippen LogP) is 5.14. The van der Waals surface area contributed by atoms with Gasteiger partial charge < -0.3 is 4.90 Å². The molecule has 1 fully saturated rings. The van der Waals surface area contributed by atoms with Gasteiger partial charge in [0.1, 0.15) is 0 Å². The number of carbonyl (C=O) groups is 1. The number of amides is 1. The number of fused-ring (bicyclic) bond motifs is 2. The van der Waals surface area contributed by atoms with Crippen LogP contribution in [0.4, 0.5) is 0 Å². The molecule has 5 heteroatoms. The van der Waals surface area contributed by atoms with Crippen molar-refractivity contribution >= 4 is 38.2 Å². The summed E-state index contributed by atoms with van der Waals surface area (Å²) < 4.78 is 1.20. The van der Waals surface area contributed by atoms with Gasteiger partial charge in [0, 0.05) is 49.4 Å². The van der Waals surface area contributed by atoms with Crippen LogP contribution >= 0.6 is 11.3 Å². The van der Waals surface area contributed by atoms with E-state index < -0.39 is 0 Å². The molecule has 152 valence electrons. The fraction of sp³-hybridized carbons (Fsp3) is 0.280. The zero-order valence-corrected chi connectivity index (χ0v) is 18.2. The third-order valence-corrected chi connectivity index (χ3v) is 7.22. The number of likely N-dealkylation sites (tertiary alicyclic amines) is 1. The van der Waals surface area contributed by atoms with Crippen molar-refractivity contribution in [2.45, 2.75) is 18.9 Å². The number of hydrogen-bond acceptors (Lipinski definition) is 4. The molecule has 4 aromatic rings. The minimum atomic E-state index is 0.116. The Labute approximate surface area is 180 Å². The van der Waals surface area contributed by atoms with Crippen LogP contribution < -0.4 is 0 Å². The molecule has 1 atom stereocenters. The summed E-state index contributed by atoms with van der Waals surface area (Å²) in [5.41, 5.74) is 3.62. The lowest BCUT2D eigenvalue weighted by molar-refractivity contribution is 0.0831. The van der Waals surface area contributed by atoms with Crippen molar-refractivity contribution in [3.63, 3.8) is 0 Å². The Bertz CT molecular complexity index is 1220. The van der Waals surface area contributed by atoms with Crippen molar-refractivity contribution < 1.29 is 4.79 Å². The van der Waals surface area contributed by atoms with Gasteiger partial charge in [-0.2, -0.15) is 0 Å². The van der Waals surface area contributed by atoms with Gasteiger partial charge in [0.2, 0.25) is 0 Å². The smallest absolute Gasteiger partial charge is 0.263 e. The highest BCUT2D eigenvalue weighted by Crippen LogP contribution is 2.41. The molecular formula is C25H25N3OS.